The third-order valence-electron chi connectivity index (χ3n) is 4.17. The van der Waals surface area contributed by atoms with Gasteiger partial charge in [-0.05, 0) is 60.5 Å². The van der Waals surface area contributed by atoms with Crippen molar-refractivity contribution in [2.45, 2.75) is 32.0 Å². The molecule has 0 radical (unpaired) electrons. The average Bonchev–Trinajstić information content (AvgIpc) is 3.10. The Morgan fingerprint density at radius 2 is 1.96 bits per heavy atom. The lowest BCUT2D eigenvalue weighted by Crippen LogP contribution is -2.28. The maximum atomic E-state index is 12.4. The molecule has 0 aliphatic heterocycles. The molecule has 0 spiro atoms. The second-order valence-corrected chi connectivity index (χ2v) is 8.17. The van der Waals surface area contributed by atoms with Gasteiger partial charge in [-0.3, -0.25) is 4.79 Å². The molecule has 0 bridgehead atoms. The first-order valence-corrected chi connectivity index (χ1v) is 10.3. The van der Waals surface area contributed by atoms with E-state index in [-0.39, 0.29) is 17.7 Å². The van der Waals surface area contributed by atoms with Gasteiger partial charge in [-0.1, -0.05) is 58.7 Å². The predicted molar refractivity (Wildman–Crippen MR) is 112 cm³/mol. The molecule has 3 rings (SSSR count). The lowest BCUT2D eigenvalue weighted by molar-refractivity contribution is -0.119. The average molecular weight is 436 g/mol. The van der Waals surface area contributed by atoms with Gasteiger partial charge in [0.2, 0.25) is 11.1 Å². The maximum absolute atomic E-state index is 12.4. The van der Waals surface area contributed by atoms with Crippen LogP contribution in [-0.2, 0) is 4.79 Å². The third kappa shape index (κ3) is 4.84. The molecule has 3 aromatic rings. The number of hydrogen-bond donors (Lipinski definition) is 1. The first kappa shape index (κ1) is 20.6. The number of carbonyl (C=O) groups excluding carboxylic acids is 1. The van der Waals surface area contributed by atoms with Gasteiger partial charge in [-0.2, -0.15) is 4.68 Å². The van der Waals surface area contributed by atoms with Gasteiger partial charge in [0.25, 0.3) is 0 Å². The largest absolute Gasteiger partial charge is 0.349 e. The summed E-state index contributed by atoms with van der Waals surface area (Å²) in [6.07, 6.45) is 0. The smallest absolute Gasteiger partial charge is 0.230 e. The van der Waals surface area contributed by atoms with Gasteiger partial charge in [0.05, 0.1) is 27.5 Å². The van der Waals surface area contributed by atoms with Crippen LogP contribution in [0.5, 0.6) is 0 Å². The summed E-state index contributed by atoms with van der Waals surface area (Å²) in [6, 6.07) is 11.2. The second kappa shape index (κ2) is 8.94. The number of rotatable bonds is 6. The van der Waals surface area contributed by atoms with Gasteiger partial charge in [-0.25, -0.2) is 0 Å². The zero-order valence-corrected chi connectivity index (χ0v) is 17.9. The molecule has 146 valence electrons. The minimum absolute atomic E-state index is 0.126. The number of halogens is 2. The Balaban J connectivity index is 1.64. The van der Waals surface area contributed by atoms with E-state index in [2.05, 4.69) is 26.9 Å². The van der Waals surface area contributed by atoms with E-state index in [0.717, 1.165) is 16.8 Å². The van der Waals surface area contributed by atoms with E-state index in [1.807, 2.05) is 39.0 Å². The van der Waals surface area contributed by atoms with Crippen molar-refractivity contribution in [3.8, 4) is 5.69 Å². The Morgan fingerprint density at radius 3 is 2.68 bits per heavy atom. The van der Waals surface area contributed by atoms with Crippen LogP contribution in [-0.4, -0.2) is 31.9 Å². The van der Waals surface area contributed by atoms with E-state index in [1.54, 1.807) is 16.8 Å². The number of hydrogen-bond acceptors (Lipinski definition) is 5. The first-order valence-electron chi connectivity index (χ1n) is 8.58. The second-order valence-electron chi connectivity index (χ2n) is 6.41. The summed E-state index contributed by atoms with van der Waals surface area (Å²) >= 11 is 13.3. The van der Waals surface area contributed by atoms with E-state index in [9.17, 15) is 4.79 Å². The molecule has 1 amide bonds. The third-order valence-corrected chi connectivity index (χ3v) is 5.83. The van der Waals surface area contributed by atoms with Gasteiger partial charge in [0, 0.05) is 0 Å². The van der Waals surface area contributed by atoms with Crippen LogP contribution in [0, 0.1) is 13.8 Å². The maximum Gasteiger partial charge on any atom is 0.230 e. The van der Waals surface area contributed by atoms with E-state index in [4.69, 9.17) is 23.2 Å². The SMILES string of the molecule is Cc1ccc(-n2nnnc2SCC(=O)NC(C)c2ccc(Cl)c(Cl)c2)c(C)c1. The van der Waals surface area contributed by atoms with Crippen molar-refractivity contribution in [1.82, 2.24) is 25.5 Å². The van der Waals surface area contributed by atoms with Crippen LogP contribution in [0.4, 0.5) is 0 Å². The summed E-state index contributed by atoms with van der Waals surface area (Å²) in [6.45, 7) is 5.93. The molecule has 28 heavy (non-hydrogen) atoms. The van der Waals surface area contributed by atoms with Crippen molar-refractivity contribution in [1.29, 1.82) is 0 Å². The van der Waals surface area contributed by atoms with Crippen LogP contribution < -0.4 is 5.32 Å². The first-order chi connectivity index (χ1) is 13.3. The molecule has 6 nitrogen and oxygen atoms in total. The summed E-state index contributed by atoms with van der Waals surface area (Å²) < 4.78 is 1.65. The van der Waals surface area contributed by atoms with Gasteiger partial charge in [-0.15, -0.1) is 5.10 Å². The van der Waals surface area contributed by atoms with E-state index >= 15 is 0 Å². The number of carbonyl (C=O) groups is 1. The molecular formula is C19H19Cl2N5OS. The normalized spacial score (nSPS) is 12.0. The number of aryl methyl sites for hydroxylation is 2. The standard InChI is InChI=1S/C19H19Cl2N5OS/c1-11-4-7-17(12(2)8-11)26-19(23-24-25-26)28-10-18(27)22-13(3)14-5-6-15(20)16(21)9-14/h4-9,13H,10H2,1-3H3,(H,22,27). The molecule has 2 aromatic carbocycles. The number of amides is 1. The predicted octanol–water partition coefficient (Wildman–Crippen LogP) is 4.56. The van der Waals surface area contributed by atoms with Crippen molar-refractivity contribution in [3.63, 3.8) is 0 Å². The summed E-state index contributed by atoms with van der Waals surface area (Å²) in [7, 11) is 0. The van der Waals surface area contributed by atoms with Crippen LogP contribution in [0.2, 0.25) is 10.0 Å². The summed E-state index contributed by atoms with van der Waals surface area (Å²) in [5.41, 5.74) is 4.00. The fourth-order valence-electron chi connectivity index (χ4n) is 2.74. The number of aromatic nitrogens is 4. The Bertz CT molecular complexity index is 1010. The fraction of sp³-hybridized carbons (Fsp3) is 0.263. The highest BCUT2D eigenvalue weighted by Crippen LogP contribution is 2.26. The zero-order chi connectivity index (χ0) is 20.3. The minimum atomic E-state index is -0.196. The highest BCUT2D eigenvalue weighted by molar-refractivity contribution is 7.99. The number of nitrogens with one attached hydrogen (secondary N) is 1. The summed E-state index contributed by atoms with van der Waals surface area (Å²) in [5, 5.41) is 16.3. The molecule has 1 heterocycles. The Hall–Kier alpha value is -2.09. The molecular weight excluding hydrogens is 417 g/mol. The lowest BCUT2D eigenvalue weighted by atomic mass is 10.1. The number of tetrazole rings is 1. The van der Waals surface area contributed by atoms with E-state index in [0.29, 0.717) is 15.2 Å². The molecule has 9 heteroatoms. The van der Waals surface area contributed by atoms with E-state index < -0.39 is 0 Å². The van der Waals surface area contributed by atoms with Crippen LogP contribution in [0.3, 0.4) is 0 Å². The number of benzene rings is 2. The van der Waals surface area contributed by atoms with Gasteiger partial charge in [0.15, 0.2) is 0 Å². The van der Waals surface area contributed by atoms with Crippen molar-refractivity contribution in [3.05, 3.63) is 63.1 Å². The van der Waals surface area contributed by atoms with Crippen molar-refractivity contribution < 1.29 is 4.79 Å². The van der Waals surface area contributed by atoms with Crippen LogP contribution in [0.1, 0.15) is 29.7 Å². The highest BCUT2D eigenvalue weighted by atomic mass is 35.5. The number of thioether (sulfide) groups is 1. The van der Waals surface area contributed by atoms with Gasteiger partial charge < -0.3 is 5.32 Å². The molecule has 0 fully saturated rings. The molecule has 0 saturated heterocycles. The summed E-state index contributed by atoms with van der Waals surface area (Å²) in [5.74, 6) is 0.0653. The van der Waals surface area contributed by atoms with Crippen molar-refractivity contribution in [2.24, 2.45) is 0 Å². The zero-order valence-electron chi connectivity index (χ0n) is 15.6. The molecule has 0 aliphatic carbocycles. The highest BCUT2D eigenvalue weighted by Gasteiger charge is 2.15. The van der Waals surface area contributed by atoms with Crippen LogP contribution in [0.15, 0.2) is 41.6 Å². The lowest BCUT2D eigenvalue weighted by Gasteiger charge is -2.15. The Kier molecular flexibility index (Phi) is 6.59. The van der Waals surface area contributed by atoms with Gasteiger partial charge in [0.1, 0.15) is 0 Å². The molecule has 1 atom stereocenters. The Morgan fingerprint density at radius 1 is 1.18 bits per heavy atom. The monoisotopic (exact) mass is 435 g/mol. The van der Waals surface area contributed by atoms with Crippen LogP contribution >= 0.6 is 35.0 Å². The number of nitrogens with zero attached hydrogens (tertiary/aromatic N) is 4. The molecule has 1 unspecified atom stereocenters. The Labute approximate surface area is 177 Å². The van der Waals surface area contributed by atoms with Crippen molar-refractivity contribution >= 4 is 40.9 Å². The quantitative estimate of drug-likeness (QED) is 0.574. The minimum Gasteiger partial charge on any atom is -0.349 e. The molecule has 0 aliphatic rings. The molecule has 1 aromatic heterocycles. The summed E-state index contributed by atoms with van der Waals surface area (Å²) in [4.78, 5) is 12.4. The van der Waals surface area contributed by atoms with Gasteiger partial charge >= 0.3 is 0 Å². The van der Waals surface area contributed by atoms with Crippen LogP contribution in [0.25, 0.3) is 5.69 Å². The molecule has 0 saturated carbocycles. The topological polar surface area (TPSA) is 72.7 Å². The van der Waals surface area contributed by atoms with Crippen molar-refractivity contribution in [2.75, 3.05) is 5.75 Å². The van der Waals surface area contributed by atoms with E-state index in [1.165, 1.54) is 17.3 Å². The molecule has 1 N–H and O–H groups in total. The fourth-order valence-corrected chi connectivity index (χ4v) is 3.74.